The molecule has 2 aromatic heterocycles. The van der Waals surface area contributed by atoms with E-state index in [1.165, 1.54) is 0 Å². The quantitative estimate of drug-likeness (QED) is 0.235. The molecule has 0 unspecified atom stereocenters. The van der Waals surface area contributed by atoms with Crippen molar-refractivity contribution in [3.8, 4) is 45.3 Å². The molecule has 40 heavy (non-hydrogen) atoms. The second-order valence-corrected chi connectivity index (χ2v) is 10.0. The second-order valence-electron chi connectivity index (χ2n) is 10.0. The predicted molar refractivity (Wildman–Crippen MR) is 164 cm³/mol. The monoisotopic (exact) mass is 514 g/mol. The van der Waals surface area contributed by atoms with Crippen LogP contribution < -0.4 is 0 Å². The third-order valence-electron chi connectivity index (χ3n) is 7.35. The van der Waals surface area contributed by atoms with Crippen LogP contribution in [0.5, 0.6) is 0 Å². The second kappa shape index (κ2) is 9.83. The van der Waals surface area contributed by atoms with Gasteiger partial charge in [0.05, 0.1) is 22.4 Å². The summed E-state index contributed by atoms with van der Waals surface area (Å²) in [5, 5.41) is 2.08. The molecule has 0 saturated carbocycles. The number of benzene rings is 5. The molecule has 0 bridgehead atoms. The summed E-state index contributed by atoms with van der Waals surface area (Å²) < 4.78 is 0. The van der Waals surface area contributed by atoms with Crippen LogP contribution in [0.4, 0.5) is 0 Å². The Morgan fingerprint density at radius 2 is 0.775 bits per heavy atom. The molecule has 0 aliphatic rings. The van der Waals surface area contributed by atoms with E-state index in [0.717, 1.165) is 78.2 Å². The lowest BCUT2D eigenvalue weighted by Crippen LogP contribution is -1.99. The summed E-state index contributed by atoms with van der Waals surface area (Å²) in [7, 11) is 0. The molecule has 2 heterocycles. The molecule has 5 aromatic carbocycles. The molecular formula is C36H26N4. The predicted octanol–water partition coefficient (Wildman–Crippen LogP) is 8.86. The van der Waals surface area contributed by atoms with Crippen LogP contribution >= 0.6 is 0 Å². The lowest BCUT2D eigenvalue weighted by molar-refractivity contribution is 1.21. The molecule has 4 heteroatoms. The molecule has 7 rings (SSSR count). The number of nitrogens with zero attached hydrogens (tertiary/aromatic N) is 4. The van der Waals surface area contributed by atoms with Crippen molar-refractivity contribution in [3.63, 3.8) is 0 Å². The molecule has 0 aliphatic carbocycles. The van der Waals surface area contributed by atoms with E-state index in [9.17, 15) is 0 Å². The first-order valence-corrected chi connectivity index (χ1v) is 13.4. The van der Waals surface area contributed by atoms with Gasteiger partial charge in [-0.2, -0.15) is 0 Å². The third-order valence-corrected chi connectivity index (χ3v) is 7.35. The largest absolute Gasteiger partial charge is 0.228 e. The molecule has 0 fully saturated rings. The normalized spacial score (nSPS) is 11.2. The number of para-hydroxylation sites is 2. The van der Waals surface area contributed by atoms with E-state index in [1.807, 2.05) is 60.7 Å². The van der Waals surface area contributed by atoms with Crippen LogP contribution in [-0.2, 0) is 0 Å². The number of rotatable bonds is 4. The Kier molecular flexibility index (Phi) is 5.86. The summed E-state index contributed by atoms with van der Waals surface area (Å²) in [6.07, 6.45) is 0. The standard InChI is InChI=1S/C36H26N4/c1-23-21-30(34-28-18-10-12-20-32(28)38-36(40-34)26-15-7-4-8-16-26)24(2)22-29(23)33-27-17-9-11-19-31(27)37-35(39-33)25-13-5-3-6-14-25/h3-22H,1-2H3. The summed E-state index contributed by atoms with van der Waals surface area (Å²) in [4.78, 5) is 20.0. The molecule has 0 spiro atoms. The Balaban J connectivity index is 1.44. The Morgan fingerprint density at radius 3 is 1.20 bits per heavy atom. The maximum absolute atomic E-state index is 5.11. The zero-order chi connectivity index (χ0) is 27.1. The molecular weight excluding hydrogens is 488 g/mol. The molecule has 0 amide bonds. The van der Waals surface area contributed by atoms with Gasteiger partial charge in [-0.05, 0) is 49.2 Å². The van der Waals surface area contributed by atoms with E-state index in [0.29, 0.717) is 0 Å². The van der Waals surface area contributed by atoms with Gasteiger partial charge in [0.2, 0.25) is 0 Å². The van der Waals surface area contributed by atoms with Crippen molar-refractivity contribution in [2.24, 2.45) is 0 Å². The molecule has 0 N–H and O–H groups in total. The molecule has 7 aromatic rings. The van der Waals surface area contributed by atoms with Gasteiger partial charge in [0, 0.05) is 33.0 Å². The van der Waals surface area contributed by atoms with Crippen molar-refractivity contribution in [2.45, 2.75) is 13.8 Å². The van der Waals surface area contributed by atoms with Crippen molar-refractivity contribution < 1.29 is 0 Å². The fourth-order valence-electron chi connectivity index (χ4n) is 5.32. The molecule has 0 radical (unpaired) electrons. The van der Waals surface area contributed by atoms with Crippen molar-refractivity contribution >= 4 is 21.8 Å². The van der Waals surface area contributed by atoms with Gasteiger partial charge >= 0.3 is 0 Å². The SMILES string of the molecule is Cc1cc(-c2nc(-c3ccccc3)nc3ccccc23)c(C)cc1-c1nc(-c2ccccc2)nc2ccccc12. The number of hydrogen-bond acceptors (Lipinski definition) is 4. The highest BCUT2D eigenvalue weighted by molar-refractivity contribution is 5.97. The summed E-state index contributed by atoms with van der Waals surface area (Å²) in [6.45, 7) is 4.30. The van der Waals surface area contributed by atoms with Gasteiger partial charge in [0.1, 0.15) is 0 Å². The van der Waals surface area contributed by atoms with Gasteiger partial charge in [0.25, 0.3) is 0 Å². The van der Waals surface area contributed by atoms with Crippen molar-refractivity contribution in [1.82, 2.24) is 19.9 Å². The van der Waals surface area contributed by atoms with Crippen LogP contribution in [-0.4, -0.2) is 19.9 Å². The van der Waals surface area contributed by atoms with Crippen LogP contribution in [0, 0.1) is 13.8 Å². The fourth-order valence-corrected chi connectivity index (χ4v) is 5.32. The van der Waals surface area contributed by atoms with E-state index < -0.39 is 0 Å². The van der Waals surface area contributed by atoms with E-state index >= 15 is 0 Å². The van der Waals surface area contributed by atoms with Gasteiger partial charge in [0.15, 0.2) is 11.6 Å². The van der Waals surface area contributed by atoms with Crippen LogP contribution in [0.3, 0.4) is 0 Å². The van der Waals surface area contributed by atoms with Crippen LogP contribution in [0.15, 0.2) is 121 Å². The average Bonchev–Trinajstić information content (AvgIpc) is 3.02. The summed E-state index contributed by atoms with van der Waals surface area (Å²) in [5.41, 5.74) is 10.2. The van der Waals surface area contributed by atoms with E-state index in [2.05, 4.69) is 74.5 Å². The molecule has 0 saturated heterocycles. The zero-order valence-electron chi connectivity index (χ0n) is 22.3. The highest BCUT2D eigenvalue weighted by Crippen LogP contribution is 2.37. The number of aromatic nitrogens is 4. The Labute approximate surface area is 233 Å². The van der Waals surface area contributed by atoms with Gasteiger partial charge in [-0.25, -0.2) is 19.9 Å². The van der Waals surface area contributed by atoms with Crippen LogP contribution in [0.1, 0.15) is 11.1 Å². The van der Waals surface area contributed by atoms with Gasteiger partial charge in [-0.3, -0.25) is 0 Å². The smallest absolute Gasteiger partial charge is 0.160 e. The van der Waals surface area contributed by atoms with Crippen molar-refractivity contribution in [3.05, 3.63) is 132 Å². The molecule has 0 atom stereocenters. The minimum atomic E-state index is 0.727. The lowest BCUT2D eigenvalue weighted by atomic mass is 9.93. The minimum Gasteiger partial charge on any atom is -0.228 e. The number of aryl methyl sites for hydroxylation is 2. The molecule has 190 valence electrons. The first-order chi connectivity index (χ1) is 19.7. The fraction of sp³-hybridized carbons (Fsp3) is 0.0556. The van der Waals surface area contributed by atoms with E-state index in [1.54, 1.807) is 0 Å². The Hall–Kier alpha value is -5.22. The third kappa shape index (κ3) is 4.20. The summed E-state index contributed by atoms with van der Waals surface area (Å²) >= 11 is 0. The lowest BCUT2D eigenvalue weighted by Gasteiger charge is -2.16. The summed E-state index contributed by atoms with van der Waals surface area (Å²) in [5.74, 6) is 1.45. The van der Waals surface area contributed by atoms with Crippen LogP contribution in [0.25, 0.3) is 67.1 Å². The highest BCUT2D eigenvalue weighted by Gasteiger charge is 2.18. The van der Waals surface area contributed by atoms with Crippen molar-refractivity contribution in [2.75, 3.05) is 0 Å². The van der Waals surface area contributed by atoms with Crippen molar-refractivity contribution in [1.29, 1.82) is 0 Å². The zero-order valence-corrected chi connectivity index (χ0v) is 22.3. The van der Waals surface area contributed by atoms with Gasteiger partial charge in [-0.1, -0.05) is 97.1 Å². The van der Waals surface area contributed by atoms with Gasteiger partial charge < -0.3 is 0 Å². The van der Waals surface area contributed by atoms with E-state index in [-0.39, 0.29) is 0 Å². The topological polar surface area (TPSA) is 51.6 Å². The maximum Gasteiger partial charge on any atom is 0.160 e. The summed E-state index contributed by atoms with van der Waals surface area (Å²) in [6, 6.07) is 41.3. The Bertz CT molecular complexity index is 1870. The average molecular weight is 515 g/mol. The van der Waals surface area contributed by atoms with Crippen LogP contribution in [0.2, 0.25) is 0 Å². The van der Waals surface area contributed by atoms with Gasteiger partial charge in [-0.15, -0.1) is 0 Å². The number of hydrogen-bond donors (Lipinski definition) is 0. The first-order valence-electron chi connectivity index (χ1n) is 13.4. The highest BCUT2D eigenvalue weighted by atomic mass is 14.9. The number of fused-ring (bicyclic) bond motifs is 2. The van der Waals surface area contributed by atoms with E-state index in [4.69, 9.17) is 19.9 Å². The minimum absolute atomic E-state index is 0.727. The molecule has 4 nitrogen and oxygen atoms in total. The maximum atomic E-state index is 5.11. The molecule has 0 aliphatic heterocycles. The first kappa shape index (κ1) is 23.9. The Morgan fingerprint density at radius 1 is 0.400 bits per heavy atom.